The van der Waals surface area contributed by atoms with Crippen molar-refractivity contribution in [1.82, 2.24) is 14.5 Å². The molecule has 0 radical (unpaired) electrons. The van der Waals surface area contributed by atoms with E-state index < -0.39 is 10.0 Å². The number of benzene rings is 2. The fraction of sp³-hybridized carbons (Fsp3) is 0.263. The van der Waals surface area contributed by atoms with Crippen LogP contribution in [0.25, 0.3) is 10.9 Å². The number of ether oxygens (including phenoxy) is 1. The third kappa shape index (κ3) is 3.46. The highest BCUT2D eigenvalue weighted by molar-refractivity contribution is 7.90. The molecule has 1 aliphatic heterocycles. The highest BCUT2D eigenvalue weighted by Gasteiger charge is 2.23. The molecule has 1 unspecified atom stereocenters. The van der Waals surface area contributed by atoms with Crippen LogP contribution in [0.1, 0.15) is 13.3 Å². The molecule has 1 atom stereocenters. The number of fused-ring (bicyclic) bond motifs is 1. The monoisotopic (exact) mass is 400 g/mol. The van der Waals surface area contributed by atoms with E-state index in [1.807, 2.05) is 6.07 Å². The van der Waals surface area contributed by atoms with Crippen molar-refractivity contribution in [1.29, 1.82) is 0 Å². The average Bonchev–Trinajstić information content (AvgIpc) is 3.32. The summed E-state index contributed by atoms with van der Waals surface area (Å²) in [6, 6.07) is 11.3. The Bertz CT molecular complexity index is 1120. The van der Waals surface area contributed by atoms with Crippen molar-refractivity contribution in [3.63, 3.8) is 0 Å². The Kier molecular flexibility index (Phi) is 4.78. The number of rotatable bonds is 5. The lowest BCUT2D eigenvalue weighted by Gasteiger charge is -2.13. The van der Waals surface area contributed by atoms with E-state index in [4.69, 9.17) is 4.74 Å². The van der Waals surface area contributed by atoms with E-state index in [-0.39, 0.29) is 16.9 Å². The summed E-state index contributed by atoms with van der Waals surface area (Å²) in [5.74, 6) is 0.396. The van der Waals surface area contributed by atoms with Crippen LogP contribution < -0.4 is 15.4 Å². The fourth-order valence-electron chi connectivity index (χ4n) is 3.22. The summed E-state index contributed by atoms with van der Waals surface area (Å²) in [5.41, 5.74) is 0.979. The van der Waals surface area contributed by atoms with Crippen LogP contribution >= 0.6 is 0 Å². The van der Waals surface area contributed by atoms with Crippen molar-refractivity contribution in [3.8, 4) is 5.75 Å². The van der Waals surface area contributed by atoms with Crippen molar-refractivity contribution >= 4 is 32.5 Å². The Labute approximate surface area is 162 Å². The Balaban J connectivity index is 1.68. The zero-order valence-electron chi connectivity index (χ0n) is 15.3. The minimum atomic E-state index is -3.89. The Morgan fingerprint density at radius 2 is 2.04 bits per heavy atom. The van der Waals surface area contributed by atoms with Crippen LogP contribution in [-0.4, -0.2) is 42.7 Å². The van der Waals surface area contributed by atoms with Gasteiger partial charge in [0.15, 0.2) is 0 Å². The summed E-state index contributed by atoms with van der Waals surface area (Å²) < 4.78 is 33.2. The molecule has 4 rings (SSSR count). The SMILES string of the molecule is CC(=O)Nc1ccc(S(=O)(=O)n2ncc3c(OC4CCNC4)cccc32)cc1. The van der Waals surface area contributed by atoms with E-state index in [9.17, 15) is 13.2 Å². The molecule has 28 heavy (non-hydrogen) atoms. The molecule has 1 aromatic heterocycles. The summed E-state index contributed by atoms with van der Waals surface area (Å²) in [6.07, 6.45) is 2.48. The van der Waals surface area contributed by atoms with Gasteiger partial charge in [-0.1, -0.05) is 6.07 Å². The van der Waals surface area contributed by atoms with Crippen molar-refractivity contribution < 1.29 is 17.9 Å². The molecule has 1 fully saturated rings. The van der Waals surface area contributed by atoms with E-state index in [2.05, 4.69) is 15.7 Å². The second-order valence-electron chi connectivity index (χ2n) is 6.62. The molecule has 1 saturated heterocycles. The zero-order valence-corrected chi connectivity index (χ0v) is 16.1. The molecule has 8 nitrogen and oxygen atoms in total. The molecule has 146 valence electrons. The summed E-state index contributed by atoms with van der Waals surface area (Å²) in [6.45, 7) is 3.06. The predicted molar refractivity (Wildman–Crippen MR) is 105 cm³/mol. The third-order valence-electron chi connectivity index (χ3n) is 4.55. The highest BCUT2D eigenvalue weighted by atomic mass is 32.2. The molecule has 0 aliphatic carbocycles. The normalized spacial score (nSPS) is 17.0. The lowest BCUT2D eigenvalue weighted by Crippen LogP contribution is -2.19. The van der Waals surface area contributed by atoms with Gasteiger partial charge in [0, 0.05) is 19.2 Å². The largest absolute Gasteiger partial charge is 0.488 e. The number of amides is 1. The van der Waals surface area contributed by atoms with Gasteiger partial charge in [-0.15, -0.1) is 0 Å². The smallest absolute Gasteiger partial charge is 0.283 e. The molecule has 2 aromatic carbocycles. The van der Waals surface area contributed by atoms with Crippen LogP contribution in [0.15, 0.2) is 53.6 Å². The number of carbonyl (C=O) groups is 1. The number of carbonyl (C=O) groups excluding carboxylic acids is 1. The van der Waals surface area contributed by atoms with Crippen LogP contribution in [-0.2, 0) is 14.8 Å². The Morgan fingerprint density at radius 3 is 2.71 bits per heavy atom. The van der Waals surface area contributed by atoms with Gasteiger partial charge in [-0.3, -0.25) is 4.79 Å². The molecular formula is C19H20N4O4S. The number of hydrogen-bond acceptors (Lipinski definition) is 6. The molecule has 1 amide bonds. The first-order chi connectivity index (χ1) is 13.4. The summed E-state index contributed by atoms with van der Waals surface area (Å²) in [5, 5.41) is 10.6. The quantitative estimate of drug-likeness (QED) is 0.679. The lowest BCUT2D eigenvalue weighted by molar-refractivity contribution is -0.114. The number of nitrogens with zero attached hydrogens (tertiary/aromatic N) is 2. The lowest BCUT2D eigenvalue weighted by atomic mass is 10.2. The molecule has 2 N–H and O–H groups in total. The van der Waals surface area contributed by atoms with Gasteiger partial charge in [0.25, 0.3) is 10.0 Å². The van der Waals surface area contributed by atoms with Crippen molar-refractivity contribution in [2.75, 3.05) is 18.4 Å². The third-order valence-corrected chi connectivity index (χ3v) is 6.16. The molecular weight excluding hydrogens is 380 g/mol. The van der Waals surface area contributed by atoms with E-state index in [1.54, 1.807) is 24.3 Å². The van der Waals surface area contributed by atoms with Crippen molar-refractivity contribution in [3.05, 3.63) is 48.7 Å². The minimum absolute atomic E-state index is 0.0619. The maximum atomic E-state index is 13.1. The molecule has 0 spiro atoms. The maximum Gasteiger partial charge on any atom is 0.283 e. The van der Waals surface area contributed by atoms with Gasteiger partial charge in [-0.25, -0.2) is 0 Å². The van der Waals surface area contributed by atoms with Crippen molar-refractivity contribution in [2.45, 2.75) is 24.3 Å². The van der Waals surface area contributed by atoms with Crippen LogP contribution in [0, 0.1) is 0 Å². The zero-order chi connectivity index (χ0) is 19.7. The number of hydrogen-bond donors (Lipinski definition) is 2. The van der Waals surface area contributed by atoms with Crippen LogP contribution in [0.5, 0.6) is 5.75 Å². The van der Waals surface area contributed by atoms with Gasteiger partial charge < -0.3 is 15.4 Å². The molecule has 3 aromatic rings. The molecule has 2 heterocycles. The summed E-state index contributed by atoms with van der Waals surface area (Å²) in [4.78, 5) is 11.2. The van der Waals surface area contributed by atoms with Gasteiger partial charge in [0.05, 0.1) is 22.0 Å². The fourth-order valence-corrected chi connectivity index (χ4v) is 4.49. The summed E-state index contributed by atoms with van der Waals surface area (Å²) in [7, 11) is -3.89. The highest BCUT2D eigenvalue weighted by Crippen LogP contribution is 2.29. The van der Waals surface area contributed by atoms with Gasteiger partial charge >= 0.3 is 0 Å². The molecule has 9 heteroatoms. The minimum Gasteiger partial charge on any atom is -0.488 e. The number of aromatic nitrogens is 2. The van der Waals surface area contributed by atoms with E-state index in [0.717, 1.165) is 23.6 Å². The molecule has 0 bridgehead atoms. The van der Waals surface area contributed by atoms with E-state index in [0.29, 0.717) is 22.3 Å². The number of nitrogens with one attached hydrogen (secondary N) is 2. The van der Waals surface area contributed by atoms with Crippen LogP contribution in [0.2, 0.25) is 0 Å². The predicted octanol–water partition coefficient (Wildman–Crippen LogP) is 1.97. The standard InChI is InChI=1S/C19H20N4O4S/c1-13(24)22-14-5-7-16(8-6-14)28(25,26)23-18-3-2-4-19(17(18)12-21-23)27-15-9-10-20-11-15/h2-8,12,15,20H,9-11H2,1H3,(H,22,24). The Hall–Kier alpha value is -2.91. The Morgan fingerprint density at radius 1 is 1.25 bits per heavy atom. The summed E-state index contributed by atoms with van der Waals surface area (Å²) >= 11 is 0. The van der Waals surface area contributed by atoms with Gasteiger partial charge in [-0.05, 0) is 49.4 Å². The molecule has 0 saturated carbocycles. The van der Waals surface area contributed by atoms with Gasteiger partial charge in [0.1, 0.15) is 11.9 Å². The van der Waals surface area contributed by atoms with Gasteiger partial charge in [0.2, 0.25) is 5.91 Å². The van der Waals surface area contributed by atoms with Gasteiger partial charge in [-0.2, -0.15) is 17.6 Å². The van der Waals surface area contributed by atoms with Crippen LogP contribution in [0.3, 0.4) is 0 Å². The van der Waals surface area contributed by atoms with E-state index >= 15 is 0 Å². The first-order valence-corrected chi connectivity index (χ1v) is 10.4. The maximum absolute atomic E-state index is 13.1. The van der Waals surface area contributed by atoms with Crippen LogP contribution in [0.4, 0.5) is 5.69 Å². The second kappa shape index (κ2) is 7.25. The molecule has 1 aliphatic rings. The van der Waals surface area contributed by atoms with Crippen molar-refractivity contribution in [2.24, 2.45) is 0 Å². The second-order valence-corrected chi connectivity index (χ2v) is 8.39. The first kappa shape index (κ1) is 18.5. The number of anilines is 1. The topological polar surface area (TPSA) is 102 Å². The van der Waals surface area contributed by atoms with E-state index in [1.165, 1.54) is 25.3 Å². The average molecular weight is 400 g/mol. The first-order valence-electron chi connectivity index (χ1n) is 8.92.